The van der Waals surface area contributed by atoms with Gasteiger partial charge in [-0.1, -0.05) is 18.2 Å². The molecule has 3 rings (SSSR count). The minimum absolute atomic E-state index is 0.392. The van der Waals surface area contributed by atoms with Crippen LogP contribution in [-0.2, 0) is 0 Å². The maximum Gasteiger partial charge on any atom is 0.335 e. The summed E-state index contributed by atoms with van der Waals surface area (Å²) in [6.45, 7) is 0. The van der Waals surface area contributed by atoms with Gasteiger partial charge in [0.15, 0.2) is 11.6 Å². The fourth-order valence-electron chi connectivity index (χ4n) is 2.04. The van der Waals surface area contributed by atoms with Crippen molar-refractivity contribution in [2.75, 3.05) is 0 Å². The summed E-state index contributed by atoms with van der Waals surface area (Å²) in [5.41, 5.74) is -0.301. The summed E-state index contributed by atoms with van der Waals surface area (Å²) in [7, 11) is 0. The number of fused-ring (bicyclic) bond motifs is 1. The Hall–Kier alpha value is -2.76. The summed E-state index contributed by atoms with van der Waals surface area (Å²) >= 11 is 0. The van der Waals surface area contributed by atoms with Crippen molar-refractivity contribution in [3.05, 3.63) is 59.8 Å². The number of aromatic nitrogens is 2. The molecule has 0 bridgehead atoms. The normalized spacial score (nSPS) is 10.9. The van der Waals surface area contributed by atoms with Crippen molar-refractivity contribution in [2.24, 2.45) is 0 Å². The van der Waals surface area contributed by atoms with Crippen LogP contribution in [0.3, 0.4) is 0 Å². The molecule has 1 aromatic heterocycles. The molecule has 0 unspecified atom stereocenters. The van der Waals surface area contributed by atoms with E-state index >= 15 is 0 Å². The number of benzene rings is 2. The average Bonchev–Trinajstić information content (AvgIpc) is 2.82. The summed E-state index contributed by atoms with van der Waals surface area (Å²) in [4.78, 5) is 10.8. The Balaban J connectivity index is 2.27. The van der Waals surface area contributed by atoms with Crippen LogP contribution in [0.1, 0.15) is 10.4 Å². The average molecular weight is 274 g/mol. The van der Waals surface area contributed by atoms with Gasteiger partial charge in [0, 0.05) is 5.39 Å². The van der Waals surface area contributed by atoms with E-state index < -0.39 is 28.9 Å². The SMILES string of the molecule is O=C(O)c1cc(F)c(-n2ncc3ccccc32)c(F)c1. The van der Waals surface area contributed by atoms with Gasteiger partial charge in [0.1, 0.15) is 5.69 Å². The third-order valence-corrected chi connectivity index (χ3v) is 2.95. The second-order valence-electron chi connectivity index (χ2n) is 4.21. The first-order valence-electron chi connectivity index (χ1n) is 5.73. The molecule has 0 spiro atoms. The molecule has 20 heavy (non-hydrogen) atoms. The highest BCUT2D eigenvalue weighted by atomic mass is 19.1. The van der Waals surface area contributed by atoms with Gasteiger partial charge in [0.25, 0.3) is 0 Å². The molecular weight excluding hydrogens is 266 g/mol. The van der Waals surface area contributed by atoms with Crippen LogP contribution in [0.25, 0.3) is 16.6 Å². The lowest BCUT2D eigenvalue weighted by Crippen LogP contribution is -2.06. The summed E-state index contributed by atoms with van der Waals surface area (Å²) in [6, 6.07) is 8.50. The van der Waals surface area contributed by atoms with Gasteiger partial charge in [-0.15, -0.1) is 0 Å². The van der Waals surface area contributed by atoms with Crippen LogP contribution in [0, 0.1) is 11.6 Å². The zero-order chi connectivity index (χ0) is 14.3. The van der Waals surface area contributed by atoms with Gasteiger partial charge in [0.2, 0.25) is 0 Å². The number of hydrogen-bond acceptors (Lipinski definition) is 2. The zero-order valence-electron chi connectivity index (χ0n) is 10.0. The molecule has 0 radical (unpaired) electrons. The highest BCUT2D eigenvalue weighted by Gasteiger charge is 2.18. The van der Waals surface area contributed by atoms with Crippen molar-refractivity contribution in [3.8, 4) is 5.69 Å². The zero-order valence-corrected chi connectivity index (χ0v) is 10.0. The first kappa shape index (κ1) is 12.3. The first-order valence-corrected chi connectivity index (χ1v) is 5.73. The van der Waals surface area contributed by atoms with Crippen LogP contribution in [0.5, 0.6) is 0 Å². The Bertz CT molecular complexity index is 804. The fraction of sp³-hybridized carbons (Fsp3) is 0. The molecule has 0 aliphatic heterocycles. The predicted octanol–water partition coefficient (Wildman–Crippen LogP) is 3.00. The van der Waals surface area contributed by atoms with Gasteiger partial charge in [-0.3, -0.25) is 0 Å². The molecule has 0 saturated heterocycles. The number of para-hydroxylation sites is 1. The molecule has 0 saturated carbocycles. The Morgan fingerprint density at radius 2 is 1.80 bits per heavy atom. The number of rotatable bonds is 2. The summed E-state index contributed by atoms with van der Waals surface area (Å²) in [5, 5.41) is 13.5. The number of carboxylic acids is 1. The lowest BCUT2D eigenvalue weighted by Gasteiger charge is -2.07. The second kappa shape index (κ2) is 4.41. The van der Waals surface area contributed by atoms with E-state index in [0.717, 1.165) is 22.2 Å². The maximum absolute atomic E-state index is 14.0. The monoisotopic (exact) mass is 274 g/mol. The van der Waals surface area contributed by atoms with E-state index in [-0.39, 0.29) is 0 Å². The molecular formula is C14H8F2N2O2. The molecule has 0 fully saturated rings. The van der Waals surface area contributed by atoms with Gasteiger partial charge in [-0.05, 0) is 18.2 Å². The Morgan fingerprint density at radius 3 is 2.45 bits per heavy atom. The molecule has 2 aromatic carbocycles. The molecule has 100 valence electrons. The van der Waals surface area contributed by atoms with Gasteiger partial charge >= 0.3 is 5.97 Å². The van der Waals surface area contributed by atoms with E-state index in [0.29, 0.717) is 5.52 Å². The topological polar surface area (TPSA) is 55.1 Å². The third kappa shape index (κ3) is 1.82. The smallest absolute Gasteiger partial charge is 0.335 e. The number of carbonyl (C=O) groups is 1. The van der Waals surface area contributed by atoms with Gasteiger partial charge in [-0.25, -0.2) is 18.3 Å². The van der Waals surface area contributed by atoms with Gasteiger partial charge in [-0.2, -0.15) is 5.10 Å². The highest BCUT2D eigenvalue weighted by molar-refractivity contribution is 5.88. The first-order chi connectivity index (χ1) is 9.58. The molecule has 6 heteroatoms. The molecule has 0 amide bonds. The van der Waals surface area contributed by atoms with Crippen LogP contribution in [-0.4, -0.2) is 20.9 Å². The van der Waals surface area contributed by atoms with Crippen LogP contribution in [0.2, 0.25) is 0 Å². The Kier molecular flexibility index (Phi) is 2.71. The van der Waals surface area contributed by atoms with Crippen LogP contribution in [0.15, 0.2) is 42.6 Å². The molecule has 3 aromatic rings. The lowest BCUT2D eigenvalue weighted by atomic mass is 10.2. The van der Waals surface area contributed by atoms with Crippen molar-refractivity contribution >= 4 is 16.9 Å². The van der Waals surface area contributed by atoms with Crippen LogP contribution in [0.4, 0.5) is 8.78 Å². The number of hydrogen-bond donors (Lipinski definition) is 1. The van der Waals surface area contributed by atoms with Crippen molar-refractivity contribution < 1.29 is 18.7 Å². The quantitative estimate of drug-likeness (QED) is 0.781. The lowest BCUT2D eigenvalue weighted by molar-refractivity contribution is 0.0695. The summed E-state index contributed by atoms with van der Waals surface area (Å²) in [6.07, 6.45) is 1.49. The molecule has 0 aliphatic rings. The number of halogens is 2. The molecule has 0 aliphatic carbocycles. The van der Waals surface area contributed by atoms with Crippen LogP contribution >= 0.6 is 0 Å². The standard InChI is InChI=1S/C14H8F2N2O2/c15-10-5-9(14(19)20)6-11(16)13(10)18-12-4-2-1-3-8(12)7-17-18/h1-7H,(H,19,20). The third-order valence-electron chi connectivity index (χ3n) is 2.95. The minimum atomic E-state index is -1.39. The maximum atomic E-state index is 14.0. The molecule has 1 N–H and O–H groups in total. The minimum Gasteiger partial charge on any atom is -0.478 e. The fourth-order valence-corrected chi connectivity index (χ4v) is 2.04. The van der Waals surface area contributed by atoms with E-state index in [9.17, 15) is 13.6 Å². The highest BCUT2D eigenvalue weighted by Crippen LogP contribution is 2.24. The molecule has 0 atom stereocenters. The summed E-state index contributed by atoms with van der Waals surface area (Å²) < 4.78 is 29.1. The van der Waals surface area contributed by atoms with Gasteiger partial charge in [0.05, 0.1) is 17.3 Å². The van der Waals surface area contributed by atoms with Crippen molar-refractivity contribution in [3.63, 3.8) is 0 Å². The van der Waals surface area contributed by atoms with E-state index in [1.165, 1.54) is 6.20 Å². The van der Waals surface area contributed by atoms with E-state index in [4.69, 9.17) is 5.11 Å². The van der Waals surface area contributed by atoms with E-state index in [1.54, 1.807) is 24.3 Å². The number of nitrogens with zero attached hydrogens (tertiary/aromatic N) is 2. The molecule has 1 heterocycles. The predicted molar refractivity (Wildman–Crippen MR) is 67.9 cm³/mol. The molecule has 4 nitrogen and oxygen atoms in total. The van der Waals surface area contributed by atoms with E-state index in [2.05, 4.69) is 5.10 Å². The second-order valence-corrected chi connectivity index (χ2v) is 4.21. The van der Waals surface area contributed by atoms with Crippen molar-refractivity contribution in [2.45, 2.75) is 0 Å². The van der Waals surface area contributed by atoms with E-state index in [1.807, 2.05) is 0 Å². The van der Waals surface area contributed by atoms with Gasteiger partial charge < -0.3 is 5.11 Å². The van der Waals surface area contributed by atoms with Crippen molar-refractivity contribution in [1.29, 1.82) is 0 Å². The van der Waals surface area contributed by atoms with Crippen molar-refractivity contribution in [1.82, 2.24) is 9.78 Å². The number of carboxylic acid groups (broad SMARTS) is 1. The largest absolute Gasteiger partial charge is 0.478 e. The van der Waals surface area contributed by atoms with Crippen LogP contribution < -0.4 is 0 Å². The number of aromatic carboxylic acids is 1. The Labute approximate surface area is 111 Å². The Morgan fingerprint density at radius 1 is 1.15 bits per heavy atom. The summed E-state index contributed by atoms with van der Waals surface area (Å²) in [5.74, 6) is -3.34.